The molecule has 19 heavy (non-hydrogen) atoms. The molecule has 0 amide bonds. The first-order valence-corrected chi connectivity index (χ1v) is 6.92. The topological polar surface area (TPSA) is 58.0 Å². The van der Waals surface area contributed by atoms with E-state index in [9.17, 15) is 5.11 Å². The Morgan fingerprint density at radius 3 is 2.68 bits per heavy atom. The maximum Gasteiger partial charge on any atom is 0.224 e. The molecule has 1 aliphatic carbocycles. The van der Waals surface area contributed by atoms with Gasteiger partial charge in [-0.1, -0.05) is 25.0 Å². The molecule has 0 unspecified atom stereocenters. The second-order valence-electron chi connectivity index (χ2n) is 5.13. The van der Waals surface area contributed by atoms with Gasteiger partial charge in [-0.05, 0) is 36.6 Å². The molecule has 1 fully saturated rings. The van der Waals surface area contributed by atoms with Crippen LogP contribution >= 0.6 is 11.6 Å². The first-order valence-electron chi connectivity index (χ1n) is 6.54. The number of aliphatic hydroxyl groups excluding tert-OH is 1. The van der Waals surface area contributed by atoms with Crippen LogP contribution in [0.4, 0.5) is 5.82 Å². The van der Waals surface area contributed by atoms with Gasteiger partial charge in [0.25, 0.3) is 0 Å². The second kappa shape index (κ2) is 4.94. The van der Waals surface area contributed by atoms with Crippen molar-refractivity contribution in [3.05, 3.63) is 29.5 Å². The number of anilines is 1. The lowest BCUT2D eigenvalue weighted by molar-refractivity contribution is 0.214. The Morgan fingerprint density at radius 2 is 1.95 bits per heavy atom. The SMILES string of the molecule is OCC1(Nc2nc(Cl)nc3ccccc23)CCCC1. The van der Waals surface area contributed by atoms with Crippen molar-refractivity contribution in [2.24, 2.45) is 0 Å². The van der Waals surface area contributed by atoms with Crippen LogP contribution in [0.15, 0.2) is 24.3 Å². The highest BCUT2D eigenvalue weighted by Gasteiger charge is 2.33. The van der Waals surface area contributed by atoms with E-state index in [-0.39, 0.29) is 17.4 Å². The van der Waals surface area contributed by atoms with Crippen molar-refractivity contribution in [1.82, 2.24) is 9.97 Å². The van der Waals surface area contributed by atoms with Crippen LogP contribution < -0.4 is 5.32 Å². The third-order valence-electron chi connectivity index (χ3n) is 3.82. The van der Waals surface area contributed by atoms with Gasteiger partial charge in [-0.15, -0.1) is 0 Å². The zero-order chi connectivity index (χ0) is 13.3. The molecule has 0 saturated heterocycles. The molecule has 0 spiro atoms. The standard InChI is InChI=1S/C14H16ClN3O/c15-13-16-11-6-2-1-5-10(11)12(17-13)18-14(9-19)7-3-4-8-14/h1-2,5-6,19H,3-4,7-9H2,(H,16,17,18). The van der Waals surface area contributed by atoms with E-state index in [1.54, 1.807) is 0 Å². The number of aliphatic hydroxyl groups is 1. The third-order valence-corrected chi connectivity index (χ3v) is 3.99. The van der Waals surface area contributed by atoms with Crippen molar-refractivity contribution in [1.29, 1.82) is 0 Å². The van der Waals surface area contributed by atoms with Gasteiger partial charge in [0.15, 0.2) is 0 Å². The summed E-state index contributed by atoms with van der Waals surface area (Å²) in [7, 11) is 0. The summed E-state index contributed by atoms with van der Waals surface area (Å²) in [5.41, 5.74) is 0.552. The van der Waals surface area contributed by atoms with E-state index in [1.807, 2.05) is 24.3 Å². The fraction of sp³-hybridized carbons (Fsp3) is 0.429. The van der Waals surface area contributed by atoms with Crippen LogP contribution in [0.5, 0.6) is 0 Å². The molecule has 1 saturated carbocycles. The summed E-state index contributed by atoms with van der Waals surface area (Å²) < 4.78 is 0. The van der Waals surface area contributed by atoms with E-state index < -0.39 is 0 Å². The number of aromatic nitrogens is 2. The van der Waals surface area contributed by atoms with Crippen LogP contribution in [0.25, 0.3) is 10.9 Å². The minimum absolute atomic E-state index is 0.114. The molecule has 1 aromatic heterocycles. The van der Waals surface area contributed by atoms with Gasteiger partial charge in [0.05, 0.1) is 17.7 Å². The van der Waals surface area contributed by atoms with Gasteiger partial charge in [0, 0.05) is 5.39 Å². The highest BCUT2D eigenvalue weighted by atomic mass is 35.5. The Bertz CT molecular complexity index is 596. The lowest BCUT2D eigenvalue weighted by Crippen LogP contribution is -2.39. The van der Waals surface area contributed by atoms with E-state index in [2.05, 4.69) is 15.3 Å². The number of para-hydroxylation sites is 1. The average Bonchev–Trinajstić information content (AvgIpc) is 2.88. The lowest BCUT2D eigenvalue weighted by Gasteiger charge is -2.29. The Balaban J connectivity index is 2.04. The van der Waals surface area contributed by atoms with Crippen molar-refractivity contribution >= 4 is 28.3 Å². The maximum absolute atomic E-state index is 9.68. The molecule has 0 aliphatic heterocycles. The number of rotatable bonds is 3. The van der Waals surface area contributed by atoms with Gasteiger partial charge >= 0.3 is 0 Å². The van der Waals surface area contributed by atoms with E-state index in [0.29, 0.717) is 5.82 Å². The first kappa shape index (κ1) is 12.6. The van der Waals surface area contributed by atoms with Crippen molar-refractivity contribution in [2.75, 3.05) is 11.9 Å². The highest BCUT2D eigenvalue weighted by molar-refractivity contribution is 6.28. The van der Waals surface area contributed by atoms with E-state index in [1.165, 1.54) is 0 Å². The largest absolute Gasteiger partial charge is 0.394 e. The predicted molar refractivity (Wildman–Crippen MR) is 76.5 cm³/mol. The summed E-state index contributed by atoms with van der Waals surface area (Å²) >= 11 is 5.97. The van der Waals surface area contributed by atoms with Crippen molar-refractivity contribution in [3.63, 3.8) is 0 Å². The zero-order valence-corrected chi connectivity index (χ0v) is 11.3. The maximum atomic E-state index is 9.68. The molecule has 100 valence electrons. The smallest absolute Gasteiger partial charge is 0.224 e. The normalized spacial score (nSPS) is 17.8. The molecular formula is C14H16ClN3O. The van der Waals surface area contributed by atoms with Crippen LogP contribution in [-0.2, 0) is 0 Å². The molecule has 5 heteroatoms. The van der Waals surface area contributed by atoms with Crippen LogP contribution in [0.1, 0.15) is 25.7 Å². The van der Waals surface area contributed by atoms with Crippen molar-refractivity contribution < 1.29 is 5.11 Å². The minimum Gasteiger partial charge on any atom is -0.394 e. The molecular weight excluding hydrogens is 262 g/mol. The van der Waals surface area contributed by atoms with Gasteiger partial charge in [-0.2, -0.15) is 0 Å². The summed E-state index contributed by atoms with van der Waals surface area (Å²) in [4.78, 5) is 8.50. The summed E-state index contributed by atoms with van der Waals surface area (Å²) in [6, 6.07) is 7.75. The zero-order valence-electron chi connectivity index (χ0n) is 10.6. The van der Waals surface area contributed by atoms with Gasteiger partial charge < -0.3 is 10.4 Å². The minimum atomic E-state index is -0.263. The number of hydrogen-bond acceptors (Lipinski definition) is 4. The number of fused-ring (bicyclic) bond motifs is 1. The summed E-state index contributed by atoms with van der Waals surface area (Å²) in [5, 5.41) is 14.2. The fourth-order valence-electron chi connectivity index (χ4n) is 2.77. The average molecular weight is 278 g/mol. The van der Waals surface area contributed by atoms with Crippen LogP contribution in [0.2, 0.25) is 5.28 Å². The number of hydrogen-bond donors (Lipinski definition) is 2. The molecule has 4 nitrogen and oxygen atoms in total. The second-order valence-corrected chi connectivity index (χ2v) is 5.47. The number of benzene rings is 1. The molecule has 3 rings (SSSR count). The predicted octanol–water partition coefficient (Wildman–Crippen LogP) is 3.00. The number of nitrogens with zero attached hydrogens (tertiary/aromatic N) is 2. The van der Waals surface area contributed by atoms with Crippen LogP contribution in [-0.4, -0.2) is 27.2 Å². The Morgan fingerprint density at radius 1 is 1.21 bits per heavy atom. The van der Waals surface area contributed by atoms with Crippen LogP contribution in [0, 0.1) is 0 Å². The van der Waals surface area contributed by atoms with E-state index in [0.717, 1.165) is 36.6 Å². The van der Waals surface area contributed by atoms with Crippen LogP contribution in [0.3, 0.4) is 0 Å². The summed E-state index contributed by atoms with van der Waals surface area (Å²) in [6.45, 7) is 0.114. The molecule has 1 aliphatic rings. The Kier molecular flexibility index (Phi) is 3.29. The van der Waals surface area contributed by atoms with Gasteiger partial charge in [-0.25, -0.2) is 9.97 Å². The third kappa shape index (κ3) is 2.38. The van der Waals surface area contributed by atoms with Gasteiger partial charge in [0.1, 0.15) is 5.82 Å². The molecule has 1 aromatic carbocycles. The van der Waals surface area contributed by atoms with E-state index >= 15 is 0 Å². The Labute approximate surface area is 116 Å². The molecule has 2 aromatic rings. The Hall–Kier alpha value is -1.39. The molecule has 0 radical (unpaired) electrons. The van der Waals surface area contributed by atoms with Gasteiger partial charge in [-0.3, -0.25) is 0 Å². The molecule has 2 N–H and O–H groups in total. The lowest BCUT2D eigenvalue weighted by atomic mass is 9.98. The van der Waals surface area contributed by atoms with Gasteiger partial charge in [0.2, 0.25) is 5.28 Å². The summed E-state index contributed by atoms with van der Waals surface area (Å²) in [6.07, 6.45) is 4.17. The quantitative estimate of drug-likeness (QED) is 0.847. The monoisotopic (exact) mass is 277 g/mol. The van der Waals surface area contributed by atoms with Crippen molar-refractivity contribution in [2.45, 2.75) is 31.2 Å². The fourth-order valence-corrected chi connectivity index (χ4v) is 2.94. The highest BCUT2D eigenvalue weighted by Crippen LogP contribution is 2.34. The van der Waals surface area contributed by atoms with Crippen molar-refractivity contribution in [3.8, 4) is 0 Å². The summed E-state index contributed by atoms with van der Waals surface area (Å²) in [5.74, 6) is 0.714. The molecule has 0 atom stereocenters. The van der Waals surface area contributed by atoms with E-state index in [4.69, 9.17) is 11.6 Å². The first-order chi connectivity index (χ1) is 9.22. The molecule has 0 bridgehead atoms. The number of halogens is 1. The molecule has 1 heterocycles. The number of nitrogens with one attached hydrogen (secondary N) is 1.